The number of amides is 1. The van der Waals surface area contributed by atoms with Crippen molar-refractivity contribution in [3.05, 3.63) is 47.3 Å². The monoisotopic (exact) mass is 357 g/mol. The third-order valence-electron chi connectivity index (χ3n) is 4.79. The number of benzene rings is 1. The molecule has 1 aliphatic rings. The number of hydrogen-bond donors (Lipinski definition) is 2. The van der Waals surface area contributed by atoms with Crippen LogP contribution in [0.3, 0.4) is 0 Å². The fraction of sp³-hybridized carbons (Fsp3) is 0.421. The SMILES string of the molecule is Cc1nn(-c2ccccc2)c(C)c1[C@H]1OCC[C@@H]1C(=O)NC(C)C(=O)O. The molecule has 0 saturated carbocycles. The van der Waals surface area contributed by atoms with Crippen molar-refractivity contribution in [3.8, 4) is 5.69 Å². The molecular weight excluding hydrogens is 334 g/mol. The number of nitrogens with zero attached hydrogens (tertiary/aromatic N) is 2. The van der Waals surface area contributed by atoms with Crippen LogP contribution in [0.15, 0.2) is 30.3 Å². The molecule has 2 aromatic rings. The van der Waals surface area contributed by atoms with Gasteiger partial charge in [0, 0.05) is 17.9 Å². The van der Waals surface area contributed by atoms with Gasteiger partial charge in [-0.15, -0.1) is 0 Å². The fourth-order valence-corrected chi connectivity index (χ4v) is 3.41. The highest BCUT2D eigenvalue weighted by Gasteiger charge is 2.39. The molecule has 1 aromatic carbocycles. The number of carboxylic acid groups (broad SMARTS) is 1. The van der Waals surface area contributed by atoms with Crippen molar-refractivity contribution in [2.45, 2.75) is 39.3 Å². The number of carbonyl (C=O) groups is 2. The lowest BCUT2D eigenvalue weighted by molar-refractivity contribution is -0.142. The van der Waals surface area contributed by atoms with Crippen LogP contribution >= 0.6 is 0 Å². The Balaban J connectivity index is 1.89. The average Bonchev–Trinajstić information content (AvgIpc) is 3.19. The smallest absolute Gasteiger partial charge is 0.325 e. The molecule has 7 nitrogen and oxygen atoms in total. The van der Waals surface area contributed by atoms with Gasteiger partial charge in [0.1, 0.15) is 6.04 Å². The first kappa shape index (κ1) is 18.1. The number of carboxylic acids is 1. The number of para-hydroxylation sites is 1. The summed E-state index contributed by atoms with van der Waals surface area (Å²) in [7, 11) is 0. The first-order valence-corrected chi connectivity index (χ1v) is 8.66. The van der Waals surface area contributed by atoms with E-state index in [-0.39, 0.29) is 5.91 Å². The van der Waals surface area contributed by atoms with E-state index in [0.717, 1.165) is 22.6 Å². The molecule has 138 valence electrons. The van der Waals surface area contributed by atoms with Gasteiger partial charge in [0.05, 0.1) is 23.4 Å². The zero-order chi connectivity index (χ0) is 18.8. The maximum Gasteiger partial charge on any atom is 0.325 e. The van der Waals surface area contributed by atoms with E-state index in [1.807, 2.05) is 48.9 Å². The third-order valence-corrected chi connectivity index (χ3v) is 4.79. The Bertz CT molecular complexity index is 816. The molecule has 0 spiro atoms. The molecule has 0 aliphatic carbocycles. The molecule has 0 bridgehead atoms. The summed E-state index contributed by atoms with van der Waals surface area (Å²) >= 11 is 0. The summed E-state index contributed by atoms with van der Waals surface area (Å²) in [5.74, 6) is -1.78. The van der Waals surface area contributed by atoms with Crippen LogP contribution in [0.4, 0.5) is 0 Å². The molecule has 26 heavy (non-hydrogen) atoms. The third kappa shape index (κ3) is 3.35. The first-order valence-electron chi connectivity index (χ1n) is 8.66. The second-order valence-electron chi connectivity index (χ2n) is 6.59. The summed E-state index contributed by atoms with van der Waals surface area (Å²) in [4.78, 5) is 23.6. The predicted octanol–water partition coefficient (Wildman–Crippen LogP) is 2.16. The fourth-order valence-electron chi connectivity index (χ4n) is 3.41. The van der Waals surface area contributed by atoms with Crippen LogP contribution < -0.4 is 5.32 Å². The second kappa shape index (κ2) is 7.29. The zero-order valence-electron chi connectivity index (χ0n) is 15.1. The second-order valence-corrected chi connectivity index (χ2v) is 6.59. The van der Waals surface area contributed by atoms with Crippen molar-refractivity contribution in [2.24, 2.45) is 5.92 Å². The first-order chi connectivity index (χ1) is 12.4. The van der Waals surface area contributed by atoms with E-state index in [1.54, 1.807) is 0 Å². The van der Waals surface area contributed by atoms with E-state index in [0.29, 0.717) is 13.0 Å². The van der Waals surface area contributed by atoms with Gasteiger partial charge >= 0.3 is 5.97 Å². The number of carbonyl (C=O) groups excluding carboxylic acids is 1. The van der Waals surface area contributed by atoms with E-state index in [2.05, 4.69) is 10.4 Å². The Hall–Kier alpha value is -2.67. The predicted molar refractivity (Wildman–Crippen MR) is 95.1 cm³/mol. The lowest BCUT2D eigenvalue weighted by Crippen LogP contribution is -2.42. The van der Waals surface area contributed by atoms with E-state index >= 15 is 0 Å². The summed E-state index contributed by atoms with van der Waals surface area (Å²) in [6.07, 6.45) is 0.131. The van der Waals surface area contributed by atoms with Crippen molar-refractivity contribution in [2.75, 3.05) is 6.61 Å². The highest BCUT2D eigenvalue weighted by molar-refractivity contribution is 5.85. The summed E-state index contributed by atoms with van der Waals surface area (Å²) in [5.41, 5.74) is 3.57. The van der Waals surface area contributed by atoms with Crippen molar-refractivity contribution in [1.82, 2.24) is 15.1 Å². The average molecular weight is 357 g/mol. The Morgan fingerprint density at radius 3 is 2.65 bits per heavy atom. The van der Waals surface area contributed by atoms with E-state index in [9.17, 15) is 9.59 Å². The Morgan fingerprint density at radius 1 is 1.31 bits per heavy atom. The van der Waals surface area contributed by atoms with Crippen LogP contribution in [-0.2, 0) is 14.3 Å². The van der Waals surface area contributed by atoms with Crippen molar-refractivity contribution in [3.63, 3.8) is 0 Å². The number of hydrogen-bond acceptors (Lipinski definition) is 4. The van der Waals surface area contributed by atoms with Gasteiger partial charge in [-0.25, -0.2) is 4.68 Å². The van der Waals surface area contributed by atoms with E-state index in [4.69, 9.17) is 9.84 Å². The van der Waals surface area contributed by atoms with Crippen LogP contribution in [0.5, 0.6) is 0 Å². The summed E-state index contributed by atoms with van der Waals surface area (Å²) < 4.78 is 7.71. The molecular formula is C19H23N3O4. The molecule has 1 saturated heterocycles. The Morgan fingerprint density at radius 2 is 2.00 bits per heavy atom. The molecule has 1 aromatic heterocycles. The quantitative estimate of drug-likeness (QED) is 0.855. The maximum atomic E-state index is 12.6. The minimum absolute atomic E-state index is 0.298. The normalized spacial score (nSPS) is 20.7. The molecule has 7 heteroatoms. The van der Waals surface area contributed by atoms with Crippen LogP contribution in [-0.4, -0.2) is 39.4 Å². The largest absolute Gasteiger partial charge is 0.480 e. The highest BCUT2D eigenvalue weighted by Crippen LogP contribution is 2.38. The van der Waals surface area contributed by atoms with Crippen LogP contribution in [0, 0.1) is 19.8 Å². The minimum Gasteiger partial charge on any atom is -0.480 e. The summed E-state index contributed by atoms with van der Waals surface area (Å²) in [6.45, 7) is 5.77. The lowest BCUT2D eigenvalue weighted by atomic mass is 9.93. The molecule has 1 unspecified atom stereocenters. The molecule has 1 amide bonds. The number of aliphatic carboxylic acids is 1. The Labute approximate surface area is 152 Å². The minimum atomic E-state index is -1.06. The molecule has 2 heterocycles. The molecule has 1 fully saturated rings. The molecule has 1 aliphatic heterocycles. The number of aryl methyl sites for hydroxylation is 1. The van der Waals surface area contributed by atoms with Gasteiger partial charge in [0.25, 0.3) is 0 Å². The summed E-state index contributed by atoms with van der Waals surface area (Å²) in [5, 5.41) is 16.2. The number of aromatic nitrogens is 2. The molecule has 2 N–H and O–H groups in total. The van der Waals surface area contributed by atoms with E-state index < -0.39 is 24.0 Å². The van der Waals surface area contributed by atoms with Crippen molar-refractivity contribution >= 4 is 11.9 Å². The van der Waals surface area contributed by atoms with Gasteiger partial charge in [-0.3, -0.25) is 9.59 Å². The number of rotatable bonds is 5. The van der Waals surface area contributed by atoms with Gasteiger partial charge in [0.2, 0.25) is 5.91 Å². The van der Waals surface area contributed by atoms with Gasteiger partial charge in [0.15, 0.2) is 0 Å². The van der Waals surface area contributed by atoms with Gasteiger partial charge < -0.3 is 15.2 Å². The zero-order valence-corrected chi connectivity index (χ0v) is 15.1. The summed E-state index contributed by atoms with van der Waals surface area (Å²) in [6, 6.07) is 8.84. The Kier molecular flexibility index (Phi) is 5.08. The van der Waals surface area contributed by atoms with Crippen LogP contribution in [0.25, 0.3) is 5.69 Å². The molecule has 3 atom stereocenters. The standard InChI is InChI=1S/C19H23N3O4/c1-11-16(13(3)22(21-11)14-7-5-4-6-8-14)17-15(9-10-26-17)18(23)20-12(2)19(24)25/h4-8,12,15,17H,9-10H2,1-3H3,(H,20,23)(H,24,25)/t12?,15-,17-/m0/s1. The van der Waals surface area contributed by atoms with Gasteiger partial charge in [-0.2, -0.15) is 5.10 Å². The van der Waals surface area contributed by atoms with E-state index in [1.165, 1.54) is 6.92 Å². The van der Waals surface area contributed by atoms with Crippen molar-refractivity contribution in [1.29, 1.82) is 0 Å². The highest BCUT2D eigenvalue weighted by atomic mass is 16.5. The van der Waals surface area contributed by atoms with Crippen LogP contribution in [0.1, 0.15) is 36.4 Å². The van der Waals surface area contributed by atoms with Crippen LogP contribution in [0.2, 0.25) is 0 Å². The number of nitrogens with one attached hydrogen (secondary N) is 1. The van der Waals surface area contributed by atoms with Gasteiger partial charge in [-0.05, 0) is 39.3 Å². The number of ether oxygens (including phenoxy) is 1. The molecule has 0 radical (unpaired) electrons. The van der Waals surface area contributed by atoms with Crippen molar-refractivity contribution < 1.29 is 19.4 Å². The maximum absolute atomic E-state index is 12.6. The molecule has 3 rings (SSSR count). The lowest BCUT2D eigenvalue weighted by Gasteiger charge is -2.20. The topological polar surface area (TPSA) is 93.5 Å². The van der Waals surface area contributed by atoms with Gasteiger partial charge in [-0.1, -0.05) is 18.2 Å².